The molecule has 0 radical (unpaired) electrons. The van der Waals surface area contributed by atoms with Crippen LogP contribution in [0.15, 0.2) is 12.1 Å². The fourth-order valence-electron chi connectivity index (χ4n) is 1.13. The van der Waals surface area contributed by atoms with Crippen molar-refractivity contribution in [3.63, 3.8) is 0 Å². The second kappa shape index (κ2) is 5.47. The van der Waals surface area contributed by atoms with Crippen molar-refractivity contribution >= 4 is 33.5 Å². The van der Waals surface area contributed by atoms with E-state index in [2.05, 4.69) is 15.9 Å². The van der Waals surface area contributed by atoms with Gasteiger partial charge in [0.25, 0.3) is 0 Å². The second-order valence-electron chi connectivity index (χ2n) is 2.77. The van der Waals surface area contributed by atoms with Crippen molar-refractivity contribution in [3.8, 4) is 0 Å². The van der Waals surface area contributed by atoms with Gasteiger partial charge < -0.3 is 4.74 Å². The third-order valence-electron chi connectivity index (χ3n) is 1.79. The standard InChI is InChI=1S/C10H9BrClFO2/c1-2-15-10(14)7-3-6(13)4-9(12)8(7)5-11/h3-4H,2,5H2,1H3. The number of alkyl halides is 1. The molecular formula is C10H9BrClFO2. The number of halogens is 3. The summed E-state index contributed by atoms with van der Waals surface area (Å²) in [6.45, 7) is 1.93. The van der Waals surface area contributed by atoms with Gasteiger partial charge in [-0.05, 0) is 24.6 Å². The van der Waals surface area contributed by atoms with Crippen molar-refractivity contribution in [2.24, 2.45) is 0 Å². The lowest BCUT2D eigenvalue weighted by Crippen LogP contribution is -2.08. The molecular weight excluding hydrogens is 286 g/mol. The summed E-state index contributed by atoms with van der Waals surface area (Å²) in [5.41, 5.74) is 0.704. The van der Waals surface area contributed by atoms with Crippen LogP contribution in [0.5, 0.6) is 0 Å². The Bertz CT molecular complexity index is 382. The maximum absolute atomic E-state index is 13.0. The Morgan fingerprint density at radius 3 is 2.80 bits per heavy atom. The minimum atomic E-state index is -0.562. The molecule has 15 heavy (non-hydrogen) atoms. The molecule has 1 aromatic rings. The summed E-state index contributed by atoms with van der Waals surface area (Å²) in [5.74, 6) is -1.11. The van der Waals surface area contributed by atoms with Crippen LogP contribution in [-0.4, -0.2) is 12.6 Å². The maximum atomic E-state index is 13.0. The highest BCUT2D eigenvalue weighted by atomic mass is 79.9. The highest BCUT2D eigenvalue weighted by Crippen LogP contribution is 2.25. The highest BCUT2D eigenvalue weighted by Gasteiger charge is 2.16. The minimum Gasteiger partial charge on any atom is -0.462 e. The van der Waals surface area contributed by atoms with E-state index < -0.39 is 11.8 Å². The summed E-state index contributed by atoms with van der Waals surface area (Å²) in [4.78, 5) is 11.5. The molecule has 0 saturated carbocycles. The van der Waals surface area contributed by atoms with E-state index in [1.165, 1.54) is 6.07 Å². The Morgan fingerprint density at radius 2 is 2.27 bits per heavy atom. The van der Waals surface area contributed by atoms with Crippen LogP contribution in [0, 0.1) is 5.82 Å². The number of hydrogen-bond acceptors (Lipinski definition) is 2. The first-order valence-electron chi connectivity index (χ1n) is 4.31. The van der Waals surface area contributed by atoms with Gasteiger partial charge in [-0.15, -0.1) is 0 Å². The third-order valence-corrected chi connectivity index (χ3v) is 2.69. The van der Waals surface area contributed by atoms with Gasteiger partial charge in [0.15, 0.2) is 0 Å². The Hall–Kier alpha value is -0.610. The Morgan fingerprint density at radius 1 is 1.60 bits per heavy atom. The lowest BCUT2D eigenvalue weighted by molar-refractivity contribution is 0.0525. The number of rotatable bonds is 3. The molecule has 0 aliphatic heterocycles. The number of carbonyl (C=O) groups excluding carboxylic acids is 1. The molecule has 0 aliphatic rings. The molecule has 0 fully saturated rings. The van der Waals surface area contributed by atoms with E-state index >= 15 is 0 Å². The van der Waals surface area contributed by atoms with Crippen LogP contribution in [-0.2, 0) is 10.1 Å². The van der Waals surface area contributed by atoms with E-state index in [4.69, 9.17) is 16.3 Å². The van der Waals surface area contributed by atoms with Crippen molar-refractivity contribution in [1.29, 1.82) is 0 Å². The predicted molar refractivity (Wildman–Crippen MR) is 60.0 cm³/mol. The predicted octanol–water partition coefficient (Wildman–Crippen LogP) is 3.55. The number of carbonyl (C=O) groups is 1. The number of ether oxygens (including phenoxy) is 1. The van der Waals surface area contributed by atoms with Gasteiger partial charge in [0.1, 0.15) is 5.82 Å². The molecule has 2 nitrogen and oxygen atoms in total. The van der Waals surface area contributed by atoms with Crippen molar-refractivity contribution in [3.05, 3.63) is 34.1 Å². The van der Waals surface area contributed by atoms with Gasteiger partial charge in [-0.2, -0.15) is 0 Å². The molecule has 0 N–H and O–H groups in total. The monoisotopic (exact) mass is 294 g/mol. The van der Waals surface area contributed by atoms with E-state index in [9.17, 15) is 9.18 Å². The Labute approximate surface area is 101 Å². The van der Waals surface area contributed by atoms with Crippen molar-refractivity contribution in [1.82, 2.24) is 0 Å². The zero-order valence-corrected chi connectivity index (χ0v) is 10.4. The van der Waals surface area contributed by atoms with Gasteiger partial charge in [0, 0.05) is 10.4 Å². The first kappa shape index (κ1) is 12.5. The quantitative estimate of drug-likeness (QED) is 0.629. The average molecular weight is 296 g/mol. The summed E-state index contributed by atoms with van der Waals surface area (Å²) >= 11 is 8.99. The Balaban J connectivity index is 3.20. The minimum absolute atomic E-state index is 0.165. The van der Waals surface area contributed by atoms with E-state index in [0.29, 0.717) is 10.9 Å². The van der Waals surface area contributed by atoms with Gasteiger partial charge in [0.2, 0.25) is 0 Å². The molecule has 0 aromatic heterocycles. The number of hydrogen-bond donors (Lipinski definition) is 0. The van der Waals surface area contributed by atoms with Gasteiger partial charge in [-0.3, -0.25) is 0 Å². The second-order valence-corrected chi connectivity index (χ2v) is 3.74. The van der Waals surface area contributed by atoms with Crippen LogP contribution in [0.2, 0.25) is 5.02 Å². The first-order chi connectivity index (χ1) is 7.10. The molecule has 0 heterocycles. The van der Waals surface area contributed by atoms with Crippen LogP contribution in [0.1, 0.15) is 22.8 Å². The smallest absolute Gasteiger partial charge is 0.338 e. The van der Waals surface area contributed by atoms with Crippen molar-refractivity contribution in [2.75, 3.05) is 6.61 Å². The zero-order valence-electron chi connectivity index (χ0n) is 8.02. The molecule has 0 amide bonds. The summed E-state index contributed by atoms with van der Waals surface area (Å²) < 4.78 is 17.8. The van der Waals surface area contributed by atoms with Crippen LogP contribution >= 0.6 is 27.5 Å². The fourth-order valence-corrected chi connectivity index (χ4v) is 2.17. The molecule has 0 bridgehead atoms. The van der Waals surface area contributed by atoms with Crippen LogP contribution in [0.3, 0.4) is 0 Å². The number of esters is 1. The van der Waals surface area contributed by atoms with Gasteiger partial charge in [-0.1, -0.05) is 27.5 Å². The van der Waals surface area contributed by atoms with E-state index in [1.807, 2.05) is 0 Å². The SMILES string of the molecule is CCOC(=O)c1cc(F)cc(Cl)c1CBr. The van der Waals surface area contributed by atoms with E-state index in [-0.39, 0.29) is 17.2 Å². The average Bonchev–Trinajstić information content (AvgIpc) is 2.17. The molecule has 0 aliphatic carbocycles. The van der Waals surface area contributed by atoms with Crippen molar-refractivity contribution in [2.45, 2.75) is 12.3 Å². The summed E-state index contributed by atoms with van der Waals surface area (Å²) in [5, 5.41) is 0.593. The molecule has 82 valence electrons. The lowest BCUT2D eigenvalue weighted by Gasteiger charge is -2.08. The van der Waals surface area contributed by atoms with Crippen LogP contribution < -0.4 is 0 Å². The third kappa shape index (κ3) is 2.92. The number of benzene rings is 1. The molecule has 0 unspecified atom stereocenters. The van der Waals surface area contributed by atoms with Gasteiger partial charge in [-0.25, -0.2) is 9.18 Å². The van der Waals surface area contributed by atoms with Gasteiger partial charge >= 0.3 is 5.97 Å². The molecule has 0 spiro atoms. The van der Waals surface area contributed by atoms with Crippen LogP contribution in [0.4, 0.5) is 4.39 Å². The van der Waals surface area contributed by atoms with E-state index in [0.717, 1.165) is 6.07 Å². The molecule has 0 saturated heterocycles. The van der Waals surface area contributed by atoms with E-state index in [1.54, 1.807) is 6.92 Å². The maximum Gasteiger partial charge on any atom is 0.338 e. The summed E-state index contributed by atoms with van der Waals surface area (Å²) in [6, 6.07) is 2.29. The van der Waals surface area contributed by atoms with Crippen molar-refractivity contribution < 1.29 is 13.9 Å². The zero-order chi connectivity index (χ0) is 11.4. The summed E-state index contributed by atoms with van der Waals surface area (Å²) in [7, 11) is 0. The highest BCUT2D eigenvalue weighted by molar-refractivity contribution is 9.08. The van der Waals surface area contributed by atoms with Gasteiger partial charge in [0.05, 0.1) is 12.2 Å². The molecule has 1 rings (SSSR count). The summed E-state index contributed by atoms with van der Waals surface area (Å²) in [6.07, 6.45) is 0. The molecule has 1 aromatic carbocycles. The topological polar surface area (TPSA) is 26.3 Å². The first-order valence-corrected chi connectivity index (χ1v) is 5.81. The lowest BCUT2D eigenvalue weighted by atomic mass is 10.1. The largest absolute Gasteiger partial charge is 0.462 e. The molecule has 5 heteroatoms. The molecule has 0 atom stereocenters. The Kier molecular flexibility index (Phi) is 4.54. The fraction of sp³-hybridized carbons (Fsp3) is 0.300. The van der Waals surface area contributed by atoms with Crippen LogP contribution in [0.25, 0.3) is 0 Å². The normalized spacial score (nSPS) is 10.1.